The van der Waals surface area contributed by atoms with E-state index in [9.17, 15) is 9.50 Å². The third kappa shape index (κ3) is 3.23. The summed E-state index contributed by atoms with van der Waals surface area (Å²) >= 11 is 11.9. The van der Waals surface area contributed by atoms with Gasteiger partial charge in [-0.25, -0.2) is 4.39 Å². The molecule has 0 aliphatic carbocycles. The average Bonchev–Trinajstić information content (AvgIpc) is 2.37. The Kier molecular flexibility index (Phi) is 4.53. The first kappa shape index (κ1) is 15.1. The highest BCUT2D eigenvalue weighted by molar-refractivity contribution is 6.34. The fourth-order valence-electron chi connectivity index (χ4n) is 1.76. The van der Waals surface area contributed by atoms with Crippen LogP contribution in [0.2, 0.25) is 10.0 Å². The summed E-state index contributed by atoms with van der Waals surface area (Å²) in [6, 6.07) is 7.59. The van der Waals surface area contributed by atoms with Crippen molar-refractivity contribution in [3.8, 4) is 11.5 Å². The summed E-state index contributed by atoms with van der Waals surface area (Å²) in [5.41, 5.74) is 0.770. The number of aliphatic hydroxyl groups excluding tert-OH is 1. The summed E-state index contributed by atoms with van der Waals surface area (Å²) < 4.78 is 19.3. The summed E-state index contributed by atoms with van der Waals surface area (Å²) in [6.07, 6.45) is -0.863. The van der Waals surface area contributed by atoms with Crippen LogP contribution < -0.4 is 4.74 Å². The zero-order chi connectivity index (χ0) is 14.9. The summed E-state index contributed by atoms with van der Waals surface area (Å²) in [5.74, 6) is 0.306. The van der Waals surface area contributed by atoms with E-state index in [2.05, 4.69) is 0 Å². The van der Waals surface area contributed by atoms with E-state index in [0.29, 0.717) is 32.7 Å². The molecule has 1 N–H and O–H groups in total. The lowest BCUT2D eigenvalue weighted by Crippen LogP contribution is -1.99. The minimum Gasteiger partial charge on any atom is -0.455 e. The molecule has 0 aliphatic heterocycles. The van der Waals surface area contributed by atoms with Crippen LogP contribution in [0.3, 0.4) is 0 Å². The summed E-state index contributed by atoms with van der Waals surface area (Å²) in [4.78, 5) is 0. The van der Waals surface area contributed by atoms with Crippen molar-refractivity contribution in [2.75, 3.05) is 0 Å². The van der Waals surface area contributed by atoms with Crippen molar-refractivity contribution in [3.63, 3.8) is 0 Å². The number of aryl methyl sites for hydroxylation is 1. The molecule has 5 heteroatoms. The monoisotopic (exact) mass is 314 g/mol. The first-order valence-corrected chi connectivity index (χ1v) is 6.75. The van der Waals surface area contributed by atoms with Gasteiger partial charge >= 0.3 is 0 Å². The van der Waals surface area contributed by atoms with Crippen LogP contribution in [0.1, 0.15) is 24.2 Å². The molecule has 2 aromatic rings. The lowest BCUT2D eigenvalue weighted by atomic mass is 10.1. The fourth-order valence-corrected chi connectivity index (χ4v) is 2.08. The standard InChI is InChI=1S/C15H13Cl2FO2/c1-8-5-14(11(9(2)19)7-13(8)18)20-15-6-10(16)3-4-12(15)17/h3-7,9,19H,1-2H3/t9-/m0/s1. The van der Waals surface area contributed by atoms with Gasteiger partial charge in [-0.15, -0.1) is 0 Å². The van der Waals surface area contributed by atoms with Gasteiger partial charge in [-0.1, -0.05) is 23.2 Å². The van der Waals surface area contributed by atoms with Crippen LogP contribution in [-0.2, 0) is 0 Å². The van der Waals surface area contributed by atoms with Crippen molar-refractivity contribution < 1.29 is 14.2 Å². The first-order valence-electron chi connectivity index (χ1n) is 5.99. The molecule has 2 nitrogen and oxygen atoms in total. The molecule has 2 aromatic carbocycles. The Balaban J connectivity index is 2.47. The van der Waals surface area contributed by atoms with Crippen LogP contribution in [0.15, 0.2) is 30.3 Å². The van der Waals surface area contributed by atoms with E-state index in [4.69, 9.17) is 27.9 Å². The Morgan fingerprint density at radius 1 is 1.15 bits per heavy atom. The lowest BCUT2D eigenvalue weighted by molar-refractivity contribution is 0.195. The topological polar surface area (TPSA) is 29.5 Å². The number of aliphatic hydroxyl groups is 1. The molecule has 2 rings (SSSR count). The van der Waals surface area contributed by atoms with E-state index < -0.39 is 11.9 Å². The molecule has 0 saturated carbocycles. The molecule has 0 unspecified atom stereocenters. The summed E-state index contributed by atoms with van der Waals surface area (Å²) in [7, 11) is 0. The molecular weight excluding hydrogens is 302 g/mol. The zero-order valence-electron chi connectivity index (χ0n) is 11.0. The third-order valence-electron chi connectivity index (χ3n) is 2.85. The molecule has 106 valence electrons. The molecule has 0 saturated heterocycles. The first-order chi connectivity index (χ1) is 9.38. The van der Waals surface area contributed by atoms with Gasteiger partial charge in [-0.2, -0.15) is 0 Å². The van der Waals surface area contributed by atoms with Crippen molar-refractivity contribution in [2.45, 2.75) is 20.0 Å². The molecule has 1 atom stereocenters. The minimum absolute atomic E-state index is 0.350. The Hall–Kier alpha value is -1.29. The van der Waals surface area contributed by atoms with Gasteiger partial charge in [0, 0.05) is 16.7 Å². The van der Waals surface area contributed by atoms with Crippen LogP contribution in [0.4, 0.5) is 4.39 Å². The van der Waals surface area contributed by atoms with Crippen LogP contribution in [-0.4, -0.2) is 5.11 Å². The normalized spacial score (nSPS) is 12.3. The van der Waals surface area contributed by atoms with Crippen molar-refractivity contribution in [1.29, 1.82) is 0 Å². The van der Waals surface area contributed by atoms with Gasteiger partial charge in [0.15, 0.2) is 0 Å². The second-order valence-corrected chi connectivity index (χ2v) is 5.34. The molecule has 20 heavy (non-hydrogen) atoms. The van der Waals surface area contributed by atoms with Crippen LogP contribution in [0, 0.1) is 12.7 Å². The van der Waals surface area contributed by atoms with E-state index >= 15 is 0 Å². The lowest BCUT2D eigenvalue weighted by Gasteiger charge is -2.15. The Morgan fingerprint density at radius 3 is 2.50 bits per heavy atom. The number of rotatable bonds is 3. The van der Waals surface area contributed by atoms with Gasteiger partial charge in [-0.3, -0.25) is 0 Å². The summed E-state index contributed by atoms with van der Waals surface area (Å²) in [6.45, 7) is 3.16. The molecule has 0 spiro atoms. The quantitative estimate of drug-likeness (QED) is 0.834. The molecule has 0 bridgehead atoms. The summed E-state index contributed by atoms with van der Waals surface area (Å²) in [5, 5.41) is 10.6. The van der Waals surface area contributed by atoms with E-state index in [1.165, 1.54) is 19.1 Å². The Labute approximate surface area is 126 Å². The second kappa shape index (κ2) is 6.00. The van der Waals surface area contributed by atoms with Crippen molar-refractivity contribution in [1.82, 2.24) is 0 Å². The van der Waals surface area contributed by atoms with E-state index in [-0.39, 0.29) is 0 Å². The van der Waals surface area contributed by atoms with E-state index in [1.54, 1.807) is 25.1 Å². The number of benzene rings is 2. The third-order valence-corrected chi connectivity index (χ3v) is 3.40. The molecule has 0 heterocycles. The molecule has 0 amide bonds. The number of hydrogen-bond acceptors (Lipinski definition) is 2. The SMILES string of the molecule is Cc1cc(Oc2cc(Cl)ccc2Cl)c([C@H](C)O)cc1F. The van der Waals surface area contributed by atoms with Gasteiger partial charge in [0.1, 0.15) is 17.3 Å². The van der Waals surface area contributed by atoms with Crippen LogP contribution in [0.5, 0.6) is 11.5 Å². The van der Waals surface area contributed by atoms with Gasteiger partial charge in [-0.05, 0) is 43.7 Å². The Morgan fingerprint density at radius 2 is 1.85 bits per heavy atom. The molecular formula is C15H13Cl2FO2. The predicted molar refractivity (Wildman–Crippen MR) is 78.3 cm³/mol. The van der Waals surface area contributed by atoms with Gasteiger partial charge in [0.05, 0.1) is 11.1 Å². The van der Waals surface area contributed by atoms with Crippen molar-refractivity contribution in [2.24, 2.45) is 0 Å². The number of hydrogen-bond donors (Lipinski definition) is 1. The van der Waals surface area contributed by atoms with Gasteiger partial charge in [0.2, 0.25) is 0 Å². The maximum atomic E-state index is 13.6. The molecule has 0 aromatic heterocycles. The van der Waals surface area contributed by atoms with Crippen LogP contribution in [0.25, 0.3) is 0 Å². The maximum Gasteiger partial charge on any atom is 0.147 e. The van der Waals surface area contributed by atoms with E-state index in [0.717, 1.165) is 0 Å². The van der Waals surface area contributed by atoms with Crippen molar-refractivity contribution in [3.05, 3.63) is 57.3 Å². The van der Waals surface area contributed by atoms with Gasteiger partial charge in [0.25, 0.3) is 0 Å². The molecule has 0 fully saturated rings. The molecule has 0 radical (unpaired) electrons. The van der Waals surface area contributed by atoms with Crippen molar-refractivity contribution >= 4 is 23.2 Å². The Bertz CT molecular complexity index is 642. The highest BCUT2D eigenvalue weighted by Gasteiger charge is 2.15. The fraction of sp³-hybridized carbons (Fsp3) is 0.200. The van der Waals surface area contributed by atoms with Gasteiger partial charge < -0.3 is 9.84 Å². The second-order valence-electron chi connectivity index (χ2n) is 4.49. The highest BCUT2D eigenvalue weighted by Crippen LogP contribution is 2.36. The average molecular weight is 315 g/mol. The maximum absolute atomic E-state index is 13.6. The largest absolute Gasteiger partial charge is 0.455 e. The molecule has 0 aliphatic rings. The number of halogens is 3. The number of ether oxygens (including phenoxy) is 1. The highest BCUT2D eigenvalue weighted by atomic mass is 35.5. The van der Waals surface area contributed by atoms with Crippen LogP contribution >= 0.6 is 23.2 Å². The minimum atomic E-state index is -0.863. The smallest absolute Gasteiger partial charge is 0.147 e. The zero-order valence-corrected chi connectivity index (χ0v) is 12.5. The predicted octanol–water partition coefficient (Wildman–Crippen LogP) is 5.29. The van der Waals surface area contributed by atoms with E-state index in [1.807, 2.05) is 0 Å².